The van der Waals surface area contributed by atoms with Gasteiger partial charge in [-0.15, -0.1) is 0 Å². The summed E-state index contributed by atoms with van der Waals surface area (Å²) >= 11 is 0. The Morgan fingerprint density at radius 2 is 1.25 bits per heavy atom. The summed E-state index contributed by atoms with van der Waals surface area (Å²) in [5, 5.41) is 0. The van der Waals surface area contributed by atoms with Crippen LogP contribution in [0.4, 0.5) is 0 Å². The molecule has 1 unspecified atom stereocenters. The molecule has 0 aromatic heterocycles. The Hall–Kier alpha value is -1.86. The molecule has 1 atom stereocenters. The summed E-state index contributed by atoms with van der Waals surface area (Å²) in [6.07, 6.45) is 18.9. The van der Waals surface area contributed by atoms with Gasteiger partial charge in [-0.25, -0.2) is 0 Å². The average molecular weight is 433 g/mol. The maximum absolute atomic E-state index is 5.56. The summed E-state index contributed by atoms with van der Waals surface area (Å²) < 4.78 is 5.56. The largest absolute Gasteiger partial charge is 0.377 e. The zero-order chi connectivity index (χ0) is 22.6. The monoisotopic (exact) mass is 432 g/mol. The van der Waals surface area contributed by atoms with Gasteiger partial charge in [0.15, 0.2) is 0 Å². The van der Waals surface area contributed by atoms with Gasteiger partial charge in [-0.1, -0.05) is 100 Å². The van der Waals surface area contributed by atoms with Crippen LogP contribution in [0.3, 0.4) is 0 Å². The number of benzene rings is 2. The second kappa shape index (κ2) is 13.6. The number of hydrogen-bond donors (Lipinski definition) is 0. The predicted molar refractivity (Wildman–Crippen MR) is 138 cm³/mol. The smallest absolute Gasteiger partial charge is 0.0818 e. The van der Waals surface area contributed by atoms with Gasteiger partial charge in [0, 0.05) is 7.11 Å². The van der Waals surface area contributed by atoms with Crippen molar-refractivity contribution in [1.29, 1.82) is 0 Å². The SMILES string of the molecule is CC/C=C/Cc1ccc(CCC2CCC(CCc3ccc(C(CC)OC)cc3)CC2)cc1. The topological polar surface area (TPSA) is 9.23 Å². The Balaban J connectivity index is 1.34. The van der Waals surface area contributed by atoms with Gasteiger partial charge < -0.3 is 4.74 Å². The molecule has 1 nitrogen and oxygen atoms in total. The van der Waals surface area contributed by atoms with Crippen LogP contribution in [0, 0.1) is 11.8 Å². The molecule has 0 N–H and O–H groups in total. The standard InChI is InChI=1S/C31H44O/c1-4-6-7-8-25-9-11-26(12-10-25)13-14-27-15-17-28(18-16-27)19-20-29-21-23-30(24-22-29)31(5-2)32-3/h6-7,9-12,21-24,27-28,31H,4-5,8,13-20H2,1-3H3/b7-6+. The molecule has 32 heavy (non-hydrogen) atoms. The molecule has 0 spiro atoms. The molecule has 1 aliphatic carbocycles. The number of hydrogen-bond acceptors (Lipinski definition) is 1. The molecule has 0 amide bonds. The first-order chi connectivity index (χ1) is 15.7. The fourth-order valence-electron chi connectivity index (χ4n) is 5.22. The fourth-order valence-corrected chi connectivity index (χ4v) is 5.22. The summed E-state index contributed by atoms with van der Waals surface area (Å²) in [5.41, 5.74) is 5.73. The van der Waals surface area contributed by atoms with Crippen molar-refractivity contribution >= 4 is 0 Å². The van der Waals surface area contributed by atoms with Crippen LogP contribution in [-0.2, 0) is 24.0 Å². The Bertz CT molecular complexity index is 774. The van der Waals surface area contributed by atoms with Crippen molar-refractivity contribution in [1.82, 2.24) is 0 Å². The lowest BCUT2D eigenvalue weighted by molar-refractivity contribution is 0.100. The normalized spacial score (nSPS) is 20.0. The molecular formula is C31H44O. The van der Waals surface area contributed by atoms with Crippen molar-refractivity contribution < 1.29 is 4.74 Å². The molecule has 0 saturated heterocycles. The molecule has 1 heteroatoms. The Labute approximate surface area is 197 Å². The molecule has 0 aliphatic heterocycles. The van der Waals surface area contributed by atoms with E-state index in [0.29, 0.717) is 0 Å². The number of ether oxygens (including phenoxy) is 1. The summed E-state index contributed by atoms with van der Waals surface area (Å²) in [5.74, 6) is 1.85. The average Bonchev–Trinajstić information content (AvgIpc) is 2.84. The third-order valence-electron chi connectivity index (χ3n) is 7.43. The first kappa shape index (κ1) is 24.8. The Kier molecular flexibility index (Phi) is 10.6. The minimum Gasteiger partial charge on any atom is -0.377 e. The van der Waals surface area contributed by atoms with E-state index >= 15 is 0 Å². The first-order valence-electron chi connectivity index (χ1n) is 13.1. The van der Waals surface area contributed by atoms with Gasteiger partial charge in [-0.05, 0) is 79.0 Å². The van der Waals surface area contributed by atoms with E-state index in [4.69, 9.17) is 4.74 Å². The van der Waals surface area contributed by atoms with Gasteiger partial charge >= 0.3 is 0 Å². The molecular weight excluding hydrogens is 388 g/mol. The highest BCUT2D eigenvalue weighted by Gasteiger charge is 2.21. The molecule has 1 fully saturated rings. The molecule has 0 heterocycles. The van der Waals surface area contributed by atoms with Crippen molar-refractivity contribution in [3.8, 4) is 0 Å². The highest BCUT2D eigenvalue weighted by Crippen LogP contribution is 2.34. The van der Waals surface area contributed by atoms with Crippen LogP contribution in [0.25, 0.3) is 0 Å². The predicted octanol–water partition coefficient (Wildman–Crippen LogP) is 8.66. The number of allylic oxidation sites excluding steroid dienone is 2. The van der Waals surface area contributed by atoms with Crippen LogP contribution in [0.1, 0.15) is 93.6 Å². The second-order valence-electron chi connectivity index (χ2n) is 9.74. The first-order valence-corrected chi connectivity index (χ1v) is 13.1. The Morgan fingerprint density at radius 3 is 1.72 bits per heavy atom. The van der Waals surface area contributed by atoms with Crippen molar-refractivity contribution in [3.05, 3.63) is 82.9 Å². The third kappa shape index (κ3) is 7.93. The number of rotatable bonds is 12. The van der Waals surface area contributed by atoms with Gasteiger partial charge in [0.2, 0.25) is 0 Å². The van der Waals surface area contributed by atoms with E-state index in [1.54, 1.807) is 7.11 Å². The Morgan fingerprint density at radius 1 is 0.750 bits per heavy atom. The maximum Gasteiger partial charge on any atom is 0.0818 e. The quantitative estimate of drug-likeness (QED) is 0.305. The summed E-state index contributed by atoms with van der Waals surface area (Å²) in [4.78, 5) is 0. The van der Waals surface area contributed by atoms with E-state index in [1.807, 2.05) is 0 Å². The lowest BCUT2D eigenvalue weighted by Gasteiger charge is -2.28. The summed E-state index contributed by atoms with van der Waals surface area (Å²) in [7, 11) is 1.81. The lowest BCUT2D eigenvalue weighted by atomic mass is 9.77. The van der Waals surface area contributed by atoms with Gasteiger partial charge in [0.1, 0.15) is 0 Å². The van der Waals surface area contributed by atoms with E-state index in [1.165, 1.54) is 73.6 Å². The van der Waals surface area contributed by atoms with Crippen LogP contribution < -0.4 is 0 Å². The van der Waals surface area contributed by atoms with Crippen LogP contribution >= 0.6 is 0 Å². The summed E-state index contributed by atoms with van der Waals surface area (Å²) in [6.45, 7) is 4.37. The van der Waals surface area contributed by atoms with E-state index in [-0.39, 0.29) is 6.10 Å². The zero-order valence-electron chi connectivity index (χ0n) is 20.7. The highest BCUT2D eigenvalue weighted by molar-refractivity contribution is 5.25. The lowest BCUT2D eigenvalue weighted by Crippen LogP contribution is -2.15. The second-order valence-corrected chi connectivity index (χ2v) is 9.74. The van der Waals surface area contributed by atoms with E-state index < -0.39 is 0 Å². The van der Waals surface area contributed by atoms with Gasteiger partial charge in [0.05, 0.1) is 6.10 Å². The molecule has 1 saturated carbocycles. The molecule has 3 rings (SSSR count). The fraction of sp³-hybridized carbons (Fsp3) is 0.548. The minimum absolute atomic E-state index is 0.236. The van der Waals surface area contributed by atoms with Crippen LogP contribution in [0.5, 0.6) is 0 Å². The number of aryl methyl sites for hydroxylation is 2. The van der Waals surface area contributed by atoms with Crippen molar-refractivity contribution in [3.63, 3.8) is 0 Å². The molecule has 0 radical (unpaired) electrons. The highest BCUT2D eigenvalue weighted by atomic mass is 16.5. The van der Waals surface area contributed by atoms with Crippen LogP contribution in [0.15, 0.2) is 60.7 Å². The maximum atomic E-state index is 5.56. The van der Waals surface area contributed by atoms with E-state index in [2.05, 4.69) is 74.5 Å². The van der Waals surface area contributed by atoms with E-state index in [0.717, 1.165) is 31.1 Å². The zero-order valence-corrected chi connectivity index (χ0v) is 20.7. The van der Waals surface area contributed by atoms with Gasteiger partial charge in [-0.2, -0.15) is 0 Å². The van der Waals surface area contributed by atoms with Crippen LogP contribution in [-0.4, -0.2) is 7.11 Å². The molecule has 0 bridgehead atoms. The molecule has 1 aliphatic rings. The number of methoxy groups -OCH3 is 1. The van der Waals surface area contributed by atoms with Crippen molar-refractivity contribution in [2.75, 3.05) is 7.11 Å². The molecule has 2 aromatic rings. The minimum atomic E-state index is 0.236. The third-order valence-corrected chi connectivity index (χ3v) is 7.43. The van der Waals surface area contributed by atoms with Gasteiger partial charge in [-0.3, -0.25) is 0 Å². The van der Waals surface area contributed by atoms with Crippen molar-refractivity contribution in [2.45, 2.75) is 90.6 Å². The van der Waals surface area contributed by atoms with Crippen molar-refractivity contribution in [2.24, 2.45) is 11.8 Å². The van der Waals surface area contributed by atoms with E-state index in [9.17, 15) is 0 Å². The molecule has 2 aromatic carbocycles. The van der Waals surface area contributed by atoms with Gasteiger partial charge in [0.25, 0.3) is 0 Å². The van der Waals surface area contributed by atoms with Crippen LogP contribution in [0.2, 0.25) is 0 Å². The summed E-state index contributed by atoms with van der Waals surface area (Å²) in [6, 6.07) is 18.5. The molecule has 174 valence electrons.